The van der Waals surface area contributed by atoms with Gasteiger partial charge in [0.15, 0.2) is 11.5 Å². The number of ether oxygens (including phenoxy) is 2. The zero-order valence-corrected chi connectivity index (χ0v) is 9.07. The fourth-order valence-electron chi connectivity index (χ4n) is 2.69. The molecular formula is C13H14O3. The average Bonchev–Trinajstić information content (AvgIpc) is 2.97. The van der Waals surface area contributed by atoms with Crippen LogP contribution in [0.15, 0.2) is 18.2 Å². The number of aldehydes is 1. The second kappa shape index (κ2) is 3.51. The van der Waals surface area contributed by atoms with E-state index in [1.807, 2.05) is 18.2 Å². The molecule has 1 aromatic carbocycles. The highest BCUT2D eigenvalue weighted by molar-refractivity contribution is 5.70. The van der Waals surface area contributed by atoms with Gasteiger partial charge in [-0.2, -0.15) is 0 Å². The van der Waals surface area contributed by atoms with Gasteiger partial charge in [-0.05, 0) is 30.5 Å². The maximum absolute atomic E-state index is 11.4. The first kappa shape index (κ1) is 9.70. The molecule has 84 valence electrons. The van der Waals surface area contributed by atoms with Crippen LogP contribution in [0, 0.1) is 0 Å². The van der Waals surface area contributed by atoms with E-state index in [1.165, 1.54) is 0 Å². The Bertz CT molecular complexity index is 419. The third-order valence-electron chi connectivity index (χ3n) is 3.67. The summed E-state index contributed by atoms with van der Waals surface area (Å²) in [7, 11) is 0. The van der Waals surface area contributed by atoms with E-state index < -0.39 is 0 Å². The minimum absolute atomic E-state index is 0.277. The monoisotopic (exact) mass is 218 g/mol. The zero-order chi connectivity index (χ0) is 11.0. The highest BCUT2D eigenvalue weighted by Gasteiger charge is 2.36. The van der Waals surface area contributed by atoms with E-state index in [0.29, 0.717) is 0 Å². The van der Waals surface area contributed by atoms with Crippen molar-refractivity contribution in [1.29, 1.82) is 0 Å². The first-order valence-electron chi connectivity index (χ1n) is 5.71. The number of rotatable bonds is 2. The van der Waals surface area contributed by atoms with Gasteiger partial charge in [0.25, 0.3) is 0 Å². The Morgan fingerprint density at radius 1 is 1.12 bits per heavy atom. The first-order valence-corrected chi connectivity index (χ1v) is 5.71. The van der Waals surface area contributed by atoms with E-state index in [9.17, 15) is 4.79 Å². The molecule has 0 atom stereocenters. The Balaban J connectivity index is 2.02. The zero-order valence-electron chi connectivity index (χ0n) is 9.07. The van der Waals surface area contributed by atoms with Crippen LogP contribution in [-0.2, 0) is 10.2 Å². The Kier molecular flexibility index (Phi) is 2.13. The highest BCUT2D eigenvalue weighted by atomic mass is 16.7. The molecule has 1 fully saturated rings. The molecule has 1 saturated carbocycles. The van der Waals surface area contributed by atoms with E-state index in [2.05, 4.69) is 0 Å². The second-order valence-corrected chi connectivity index (χ2v) is 4.55. The van der Waals surface area contributed by atoms with E-state index in [0.717, 1.165) is 49.0 Å². The number of hydrogen-bond donors (Lipinski definition) is 0. The lowest BCUT2D eigenvalue weighted by atomic mass is 9.80. The molecule has 3 rings (SSSR count). The van der Waals surface area contributed by atoms with Gasteiger partial charge < -0.3 is 14.3 Å². The normalized spacial score (nSPS) is 21.0. The van der Waals surface area contributed by atoms with Gasteiger partial charge in [0.05, 0.1) is 5.41 Å². The van der Waals surface area contributed by atoms with Crippen LogP contribution in [0.2, 0.25) is 0 Å². The lowest BCUT2D eigenvalue weighted by Crippen LogP contribution is -2.23. The highest BCUT2D eigenvalue weighted by Crippen LogP contribution is 2.43. The predicted molar refractivity (Wildman–Crippen MR) is 58.8 cm³/mol. The predicted octanol–water partition coefficient (Wildman–Crippen LogP) is 2.43. The smallest absolute Gasteiger partial charge is 0.231 e. The summed E-state index contributed by atoms with van der Waals surface area (Å²) < 4.78 is 10.6. The minimum Gasteiger partial charge on any atom is -0.454 e. The molecule has 0 N–H and O–H groups in total. The summed E-state index contributed by atoms with van der Waals surface area (Å²) >= 11 is 0. The lowest BCUT2D eigenvalue weighted by molar-refractivity contribution is -0.112. The molecule has 0 spiro atoms. The second-order valence-electron chi connectivity index (χ2n) is 4.55. The maximum atomic E-state index is 11.4. The van der Waals surface area contributed by atoms with E-state index in [4.69, 9.17) is 9.47 Å². The van der Waals surface area contributed by atoms with Gasteiger partial charge in [0, 0.05) is 0 Å². The third kappa shape index (κ3) is 1.31. The quantitative estimate of drug-likeness (QED) is 0.715. The van der Waals surface area contributed by atoms with Crippen molar-refractivity contribution in [2.45, 2.75) is 31.1 Å². The Morgan fingerprint density at radius 2 is 1.88 bits per heavy atom. The molecule has 2 aliphatic rings. The van der Waals surface area contributed by atoms with Crippen molar-refractivity contribution in [1.82, 2.24) is 0 Å². The van der Waals surface area contributed by atoms with Crippen molar-refractivity contribution >= 4 is 6.29 Å². The maximum Gasteiger partial charge on any atom is 0.231 e. The van der Waals surface area contributed by atoms with Crippen LogP contribution in [0.3, 0.4) is 0 Å². The topological polar surface area (TPSA) is 35.5 Å². The molecule has 0 unspecified atom stereocenters. The van der Waals surface area contributed by atoms with Crippen LogP contribution in [0.4, 0.5) is 0 Å². The van der Waals surface area contributed by atoms with Gasteiger partial charge in [-0.15, -0.1) is 0 Å². The number of hydrogen-bond acceptors (Lipinski definition) is 3. The van der Waals surface area contributed by atoms with Crippen LogP contribution in [0.1, 0.15) is 31.2 Å². The summed E-state index contributed by atoms with van der Waals surface area (Å²) in [5.74, 6) is 1.55. The summed E-state index contributed by atoms with van der Waals surface area (Å²) in [6.45, 7) is 0.285. The molecule has 1 aliphatic heterocycles. The van der Waals surface area contributed by atoms with Crippen LogP contribution >= 0.6 is 0 Å². The first-order chi connectivity index (χ1) is 7.84. The molecule has 1 aromatic rings. The van der Waals surface area contributed by atoms with Crippen LogP contribution in [-0.4, -0.2) is 13.1 Å². The van der Waals surface area contributed by atoms with Gasteiger partial charge in [-0.1, -0.05) is 18.9 Å². The molecule has 0 saturated heterocycles. The van der Waals surface area contributed by atoms with Crippen molar-refractivity contribution < 1.29 is 14.3 Å². The average molecular weight is 218 g/mol. The molecule has 3 nitrogen and oxygen atoms in total. The fraction of sp³-hybridized carbons (Fsp3) is 0.462. The summed E-state index contributed by atoms with van der Waals surface area (Å²) in [4.78, 5) is 11.4. The molecular weight excluding hydrogens is 204 g/mol. The van der Waals surface area contributed by atoms with Gasteiger partial charge in [0.1, 0.15) is 6.29 Å². The van der Waals surface area contributed by atoms with Crippen LogP contribution < -0.4 is 9.47 Å². The fourth-order valence-corrected chi connectivity index (χ4v) is 2.69. The number of benzene rings is 1. The van der Waals surface area contributed by atoms with E-state index >= 15 is 0 Å². The van der Waals surface area contributed by atoms with Crippen molar-refractivity contribution in [2.75, 3.05) is 6.79 Å². The Morgan fingerprint density at radius 3 is 2.62 bits per heavy atom. The Labute approximate surface area is 94.4 Å². The van der Waals surface area contributed by atoms with Gasteiger partial charge in [-0.3, -0.25) is 0 Å². The molecule has 0 amide bonds. The van der Waals surface area contributed by atoms with Gasteiger partial charge in [0.2, 0.25) is 6.79 Å². The minimum atomic E-state index is -0.277. The lowest BCUT2D eigenvalue weighted by Gasteiger charge is -2.22. The molecule has 1 aliphatic carbocycles. The van der Waals surface area contributed by atoms with Crippen molar-refractivity contribution in [3.8, 4) is 11.5 Å². The molecule has 1 heterocycles. The van der Waals surface area contributed by atoms with Crippen LogP contribution in [0.25, 0.3) is 0 Å². The molecule has 3 heteroatoms. The van der Waals surface area contributed by atoms with Gasteiger partial charge >= 0.3 is 0 Å². The number of fused-ring (bicyclic) bond motifs is 1. The SMILES string of the molecule is O=CC1(c2ccc3c(c2)OCO3)CCCC1. The number of carbonyl (C=O) groups excluding carboxylic acids is 1. The number of carbonyl (C=O) groups is 1. The summed E-state index contributed by atoms with van der Waals surface area (Å²) in [5, 5.41) is 0. The summed E-state index contributed by atoms with van der Waals surface area (Å²) in [6.07, 6.45) is 5.28. The van der Waals surface area contributed by atoms with E-state index in [-0.39, 0.29) is 12.2 Å². The standard InChI is InChI=1S/C13H14O3/c14-8-13(5-1-2-6-13)10-3-4-11-12(7-10)16-9-15-11/h3-4,7-8H,1-2,5-6,9H2. The molecule has 0 aromatic heterocycles. The molecule has 0 radical (unpaired) electrons. The van der Waals surface area contributed by atoms with Crippen molar-refractivity contribution in [3.05, 3.63) is 23.8 Å². The molecule has 16 heavy (non-hydrogen) atoms. The van der Waals surface area contributed by atoms with Gasteiger partial charge in [-0.25, -0.2) is 0 Å². The third-order valence-corrected chi connectivity index (χ3v) is 3.67. The largest absolute Gasteiger partial charge is 0.454 e. The van der Waals surface area contributed by atoms with Crippen LogP contribution in [0.5, 0.6) is 11.5 Å². The Hall–Kier alpha value is -1.51. The van der Waals surface area contributed by atoms with Crippen molar-refractivity contribution in [3.63, 3.8) is 0 Å². The summed E-state index contributed by atoms with van der Waals surface area (Å²) in [5.41, 5.74) is 0.797. The molecule has 0 bridgehead atoms. The van der Waals surface area contributed by atoms with Crippen molar-refractivity contribution in [2.24, 2.45) is 0 Å². The van der Waals surface area contributed by atoms with E-state index in [1.54, 1.807) is 0 Å². The summed E-state index contributed by atoms with van der Waals surface area (Å²) in [6, 6.07) is 5.86.